The van der Waals surface area contributed by atoms with Crippen LogP contribution in [0.15, 0.2) is 24.3 Å². The monoisotopic (exact) mass is 178 g/mol. The fourth-order valence-corrected chi connectivity index (χ4v) is 0.916. The first-order valence-corrected chi connectivity index (χ1v) is 4.35. The van der Waals surface area contributed by atoms with Gasteiger partial charge in [-0.1, -0.05) is 17.9 Å². The van der Waals surface area contributed by atoms with Crippen molar-refractivity contribution in [2.45, 2.75) is 6.42 Å². The van der Waals surface area contributed by atoms with Gasteiger partial charge in [0.2, 0.25) is 0 Å². The van der Waals surface area contributed by atoms with Crippen molar-refractivity contribution >= 4 is 12.6 Å². The molecule has 1 N–H and O–H groups in total. The molecule has 2 heteroatoms. The zero-order chi connectivity index (χ0) is 8.81. The SMILES string of the molecule is Oc1cccc(C#CCCS)c1. The number of benzene rings is 1. The number of hydrogen-bond donors (Lipinski definition) is 2. The van der Waals surface area contributed by atoms with Crippen LogP contribution in [0.5, 0.6) is 5.75 Å². The second kappa shape index (κ2) is 4.74. The Labute approximate surface area is 77.8 Å². The number of rotatable bonds is 1. The Bertz CT molecular complexity index is 309. The third-order valence-electron chi connectivity index (χ3n) is 1.32. The Morgan fingerprint density at radius 3 is 2.92 bits per heavy atom. The summed E-state index contributed by atoms with van der Waals surface area (Å²) >= 11 is 4.04. The normalized spacial score (nSPS) is 8.75. The Balaban J connectivity index is 2.71. The summed E-state index contributed by atoms with van der Waals surface area (Å²) in [6.07, 6.45) is 0.777. The van der Waals surface area contributed by atoms with Crippen LogP contribution < -0.4 is 0 Å². The summed E-state index contributed by atoms with van der Waals surface area (Å²) in [4.78, 5) is 0. The molecule has 1 nitrogen and oxygen atoms in total. The smallest absolute Gasteiger partial charge is 0.116 e. The Morgan fingerprint density at radius 1 is 1.42 bits per heavy atom. The summed E-state index contributed by atoms with van der Waals surface area (Å²) in [5.74, 6) is 6.90. The third-order valence-corrected chi connectivity index (χ3v) is 1.54. The van der Waals surface area contributed by atoms with Crippen LogP contribution in [0.1, 0.15) is 12.0 Å². The molecule has 0 radical (unpaired) electrons. The van der Waals surface area contributed by atoms with Gasteiger partial charge < -0.3 is 5.11 Å². The number of phenolic OH excluding ortho intramolecular Hbond substituents is 1. The van der Waals surface area contributed by atoms with Gasteiger partial charge in [0.05, 0.1) is 0 Å². The van der Waals surface area contributed by atoms with E-state index in [2.05, 4.69) is 24.5 Å². The first kappa shape index (κ1) is 9.02. The highest BCUT2D eigenvalue weighted by molar-refractivity contribution is 7.80. The summed E-state index contributed by atoms with van der Waals surface area (Å²) in [6.45, 7) is 0. The van der Waals surface area contributed by atoms with Gasteiger partial charge in [0.15, 0.2) is 0 Å². The average Bonchev–Trinajstić information content (AvgIpc) is 2.05. The van der Waals surface area contributed by atoms with Gasteiger partial charge in [-0.05, 0) is 18.2 Å². The highest BCUT2D eigenvalue weighted by Gasteiger charge is 1.87. The molecule has 0 heterocycles. The van der Waals surface area contributed by atoms with Crippen molar-refractivity contribution in [3.05, 3.63) is 29.8 Å². The van der Waals surface area contributed by atoms with E-state index in [9.17, 15) is 0 Å². The van der Waals surface area contributed by atoms with Crippen LogP contribution in [0.2, 0.25) is 0 Å². The molecule has 0 unspecified atom stereocenters. The highest BCUT2D eigenvalue weighted by Crippen LogP contribution is 2.09. The van der Waals surface area contributed by atoms with Crippen molar-refractivity contribution in [2.24, 2.45) is 0 Å². The lowest BCUT2D eigenvalue weighted by Gasteiger charge is -1.90. The van der Waals surface area contributed by atoms with Crippen LogP contribution in [-0.2, 0) is 0 Å². The molecule has 0 aliphatic rings. The maximum absolute atomic E-state index is 9.09. The molecular formula is C10H10OS. The van der Waals surface area contributed by atoms with Crippen molar-refractivity contribution in [2.75, 3.05) is 5.75 Å². The van der Waals surface area contributed by atoms with Crippen LogP contribution in [0.4, 0.5) is 0 Å². The van der Waals surface area contributed by atoms with Gasteiger partial charge in [0.25, 0.3) is 0 Å². The van der Waals surface area contributed by atoms with Gasteiger partial charge >= 0.3 is 0 Å². The average molecular weight is 178 g/mol. The van der Waals surface area contributed by atoms with E-state index in [1.54, 1.807) is 18.2 Å². The lowest BCUT2D eigenvalue weighted by molar-refractivity contribution is 0.475. The fourth-order valence-electron chi connectivity index (χ4n) is 0.804. The van der Waals surface area contributed by atoms with Gasteiger partial charge in [-0.25, -0.2) is 0 Å². The largest absolute Gasteiger partial charge is 0.508 e. The second-order valence-electron chi connectivity index (χ2n) is 2.33. The molecule has 0 spiro atoms. The number of hydrogen-bond acceptors (Lipinski definition) is 2. The van der Waals surface area contributed by atoms with E-state index < -0.39 is 0 Å². The topological polar surface area (TPSA) is 20.2 Å². The summed E-state index contributed by atoms with van der Waals surface area (Å²) in [5.41, 5.74) is 0.844. The van der Waals surface area contributed by atoms with Crippen LogP contribution in [-0.4, -0.2) is 10.9 Å². The lowest BCUT2D eigenvalue weighted by atomic mass is 10.2. The first-order chi connectivity index (χ1) is 5.83. The lowest BCUT2D eigenvalue weighted by Crippen LogP contribution is -1.73. The fraction of sp³-hybridized carbons (Fsp3) is 0.200. The number of thiol groups is 1. The van der Waals surface area contributed by atoms with Gasteiger partial charge in [0.1, 0.15) is 5.75 Å². The molecule has 0 atom stereocenters. The zero-order valence-electron chi connectivity index (χ0n) is 6.62. The van der Waals surface area contributed by atoms with Gasteiger partial charge in [-0.2, -0.15) is 12.6 Å². The van der Waals surface area contributed by atoms with Crippen molar-refractivity contribution in [3.63, 3.8) is 0 Å². The second-order valence-corrected chi connectivity index (χ2v) is 2.77. The van der Waals surface area contributed by atoms with E-state index in [0.29, 0.717) is 0 Å². The molecule has 0 saturated heterocycles. The molecule has 0 fully saturated rings. The molecule has 0 bridgehead atoms. The predicted molar refractivity (Wildman–Crippen MR) is 53.5 cm³/mol. The minimum Gasteiger partial charge on any atom is -0.508 e. The highest BCUT2D eigenvalue weighted by atomic mass is 32.1. The van der Waals surface area contributed by atoms with E-state index in [1.807, 2.05) is 6.07 Å². The molecule has 0 aliphatic carbocycles. The molecule has 1 aromatic rings. The van der Waals surface area contributed by atoms with E-state index in [0.717, 1.165) is 17.7 Å². The van der Waals surface area contributed by atoms with E-state index in [-0.39, 0.29) is 5.75 Å². The van der Waals surface area contributed by atoms with Crippen LogP contribution >= 0.6 is 12.6 Å². The van der Waals surface area contributed by atoms with Gasteiger partial charge in [0, 0.05) is 17.7 Å². The van der Waals surface area contributed by atoms with Crippen molar-refractivity contribution < 1.29 is 5.11 Å². The minimum atomic E-state index is 0.257. The van der Waals surface area contributed by atoms with E-state index in [1.165, 1.54) is 0 Å². The quantitative estimate of drug-likeness (QED) is 0.498. The summed E-state index contributed by atoms with van der Waals surface area (Å²) in [6, 6.07) is 6.92. The molecule has 0 aromatic heterocycles. The van der Waals surface area contributed by atoms with Gasteiger partial charge in [-0.3, -0.25) is 0 Å². The standard InChI is InChI=1S/C10H10OS/c11-10-6-3-5-9(8-10)4-1-2-7-12/h3,5-6,8,11-12H,2,7H2. The van der Waals surface area contributed by atoms with Crippen LogP contribution in [0.25, 0.3) is 0 Å². The molecule has 1 aromatic carbocycles. The molecule has 0 amide bonds. The van der Waals surface area contributed by atoms with Crippen molar-refractivity contribution in [1.29, 1.82) is 0 Å². The van der Waals surface area contributed by atoms with Crippen LogP contribution in [0.3, 0.4) is 0 Å². The summed E-state index contributed by atoms with van der Waals surface area (Å²) in [7, 11) is 0. The van der Waals surface area contributed by atoms with E-state index >= 15 is 0 Å². The molecule has 0 saturated carbocycles. The first-order valence-electron chi connectivity index (χ1n) is 3.71. The Kier molecular flexibility index (Phi) is 3.56. The number of phenols is 1. The Hall–Kier alpha value is -1.07. The molecule has 0 aliphatic heterocycles. The molecule has 62 valence electrons. The summed E-state index contributed by atoms with van der Waals surface area (Å²) < 4.78 is 0. The molecule has 1 rings (SSSR count). The van der Waals surface area contributed by atoms with E-state index in [4.69, 9.17) is 5.11 Å². The van der Waals surface area contributed by atoms with Crippen molar-refractivity contribution in [3.8, 4) is 17.6 Å². The molecule has 12 heavy (non-hydrogen) atoms. The maximum atomic E-state index is 9.09. The zero-order valence-corrected chi connectivity index (χ0v) is 7.51. The maximum Gasteiger partial charge on any atom is 0.116 e. The number of aromatic hydroxyl groups is 1. The Morgan fingerprint density at radius 2 is 2.25 bits per heavy atom. The van der Waals surface area contributed by atoms with Crippen molar-refractivity contribution in [1.82, 2.24) is 0 Å². The van der Waals surface area contributed by atoms with Gasteiger partial charge in [-0.15, -0.1) is 0 Å². The third kappa shape index (κ3) is 2.89. The predicted octanol–water partition coefficient (Wildman–Crippen LogP) is 2.06. The van der Waals surface area contributed by atoms with Crippen LogP contribution in [0, 0.1) is 11.8 Å². The summed E-state index contributed by atoms with van der Waals surface area (Å²) in [5, 5.41) is 9.09. The minimum absolute atomic E-state index is 0.257. The molecular weight excluding hydrogens is 168 g/mol.